The first-order chi connectivity index (χ1) is 8.43. The smallest absolute Gasteiger partial charge is 0.443 e. The highest BCUT2D eigenvalue weighted by atomic mass is 32.1. The van der Waals surface area contributed by atoms with Crippen LogP contribution in [0.15, 0.2) is 22.9 Å². The molecule has 0 bridgehead atoms. The molecule has 0 N–H and O–H groups in total. The molecule has 0 saturated heterocycles. The normalized spacial score (nSPS) is 11.8. The van der Waals surface area contributed by atoms with Gasteiger partial charge in [0.25, 0.3) is 0 Å². The number of thiazole rings is 1. The largest absolute Gasteiger partial charge is 0.469 e. The Hall–Kier alpha value is -1.63. The molecule has 0 aliphatic carbocycles. The second-order valence-electron chi connectivity index (χ2n) is 3.47. The average Bonchev–Trinajstić information content (AvgIpc) is 2.96. The first kappa shape index (κ1) is 12.8. The van der Waals surface area contributed by atoms with Crippen molar-refractivity contribution in [2.45, 2.75) is 19.5 Å². The van der Waals surface area contributed by atoms with Gasteiger partial charge >= 0.3 is 6.18 Å². The van der Waals surface area contributed by atoms with E-state index in [0.29, 0.717) is 23.5 Å². The highest BCUT2D eigenvalue weighted by molar-refractivity contribution is 7.14. The molecule has 2 rings (SSSR count). The van der Waals surface area contributed by atoms with Crippen molar-refractivity contribution >= 4 is 17.1 Å². The van der Waals surface area contributed by atoms with Gasteiger partial charge in [-0.2, -0.15) is 13.2 Å². The molecule has 2 aromatic heterocycles. The summed E-state index contributed by atoms with van der Waals surface area (Å²) in [6, 6.07) is 1.45. The zero-order valence-electron chi connectivity index (χ0n) is 9.25. The van der Waals surface area contributed by atoms with E-state index >= 15 is 0 Å². The quantitative estimate of drug-likeness (QED) is 0.804. The lowest BCUT2D eigenvalue weighted by molar-refractivity contribution is -0.137. The Morgan fingerprint density at radius 1 is 1.50 bits per heavy atom. The van der Waals surface area contributed by atoms with E-state index in [9.17, 15) is 18.0 Å². The number of aromatic nitrogens is 1. The van der Waals surface area contributed by atoms with Crippen LogP contribution in [0.3, 0.4) is 0 Å². The Kier molecular flexibility index (Phi) is 3.25. The summed E-state index contributed by atoms with van der Waals surface area (Å²) in [4.78, 5) is 15.1. The summed E-state index contributed by atoms with van der Waals surface area (Å²) >= 11 is 0.338. The molecule has 0 saturated carbocycles. The molecule has 2 heterocycles. The molecule has 2 aromatic rings. The number of nitrogens with zero attached hydrogens (tertiary/aromatic N) is 1. The molecule has 18 heavy (non-hydrogen) atoms. The van der Waals surface area contributed by atoms with Crippen molar-refractivity contribution in [3.63, 3.8) is 0 Å². The first-order valence-corrected chi connectivity index (χ1v) is 5.89. The highest BCUT2D eigenvalue weighted by Gasteiger charge is 2.35. The number of ketones is 1. The van der Waals surface area contributed by atoms with E-state index in [2.05, 4.69) is 4.98 Å². The molecule has 7 heteroatoms. The molecule has 0 radical (unpaired) electrons. The number of carbonyl (C=O) groups is 1. The second-order valence-corrected chi connectivity index (χ2v) is 4.50. The predicted octanol–water partition coefficient (Wildman–Crippen LogP) is 3.55. The Labute approximate surface area is 104 Å². The van der Waals surface area contributed by atoms with Gasteiger partial charge in [0.05, 0.1) is 16.7 Å². The molecular weight excluding hydrogens is 267 g/mol. The lowest BCUT2D eigenvalue weighted by Crippen LogP contribution is -2.03. The van der Waals surface area contributed by atoms with E-state index in [1.807, 2.05) is 0 Å². The fourth-order valence-corrected chi connectivity index (χ4v) is 2.20. The summed E-state index contributed by atoms with van der Waals surface area (Å²) in [6.45, 7) is 1.80. The van der Waals surface area contributed by atoms with Crippen LogP contribution in [-0.4, -0.2) is 10.8 Å². The van der Waals surface area contributed by atoms with E-state index in [1.165, 1.54) is 12.3 Å². The van der Waals surface area contributed by atoms with E-state index in [1.54, 1.807) is 6.92 Å². The number of rotatable bonds is 3. The van der Waals surface area contributed by atoms with E-state index in [-0.39, 0.29) is 10.4 Å². The molecule has 0 unspecified atom stereocenters. The van der Waals surface area contributed by atoms with Gasteiger partial charge in [0.2, 0.25) is 5.78 Å². The summed E-state index contributed by atoms with van der Waals surface area (Å²) in [5, 5.41) is -1.02. The summed E-state index contributed by atoms with van der Waals surface area (Å²) in [5.74, 6) is -0.0319. The monoisotopic (exact) mass is 275 g/mol. The number of alkyl halides is 3. The van der Waals surface area contributed by atoms with Crippen LogP contribution in [0.1, 0.15) is 32.9 Å². The standard InChI is InChI=1S/C11H8F3NO2S/c1-2-7-6(3-4-17-7)9(16)8-5-15-10(18-8)11(12,13)14/h3-5H,2H2,1H3. The van der Waals surface area contributed by atoms with Crippen LogP contribution < -0.4 is 0 Å². The minimum atomic E-state index is -4.52. The Bertz CT molecular complexity index is 571. The fraction of sp³-hybridized carbons (Fsp3) is 0.273. The van der Waals surface area contributed by atoms with Crippen molar-refractivity contribution in [2.24, 2.45) is 0 Å². The van der Waals surface area contributed by atoms with Crippen molar-refractivity contribution in [1.82, 2.24) is 4.98 Å². The topological polar surface area (TPSA) is 43.1 Å². The fourth-order valence-electron chi connectivity index (χ4n) is 1.46. The third kappa shape index (κ3) is 2.31. The van der Waals surface area contributed by atoms with Crippen molar-refractivity contribution < 1.29 is 22.4 Å². The maximum atomic E-state index is 12.4. The van der Waals surface area contributed by atoms with Crippen LogP contribution in [-0.2, 0) is 12.6 Å². The summed E-state index contributed by atoms with van der Waals surface area (Å²) in [6.07, 6.45) is -1.73. The van der Waals surface area contributed by atoms with Gasteiger partial charge in [-0.15, -0.1) is 11.3 Å². The highest BCUT2D eigenvalue weighted by Crippen LogP contribution is 2.33. The van der Waals surface area contributed by atoms with Gasteiger partial charge in [-0.05, 0) is 6.07 Å². The number of carbonyl (C=O) groups excluding carboxylic acids is 1. The van der Waals surface area contributed by atoms with E-state index in [4.69, 9.17) is 4.42 Å². The van der Waals surface area contributed by atoms with Gasteiger partial charge < -0.3 is 4.42 Å². The summed E-state index contributed by atoms with van der Waals surface area (Å²) in [5.41, 5.74) is 0.287. The van der Waals surface area contributed by atoms with Crippen LogP contribution >= 0.6 is 11.3 Å². The average molecular weight is 275 g/mol. The molecule has 0 fully saturated rings. The Morgan fingerprint density at radius 2 is 2.22 bits per heavy atom. The third-order valence-electron chi connectivity index (χ3n) is 2.28. The SMILES string of the molecule is CCc1occc1C(=O)c1cnc(C(F)(F)F)s1. The predicted molar refractivity (Wildman–Crippen MR) is 58.6 cm³/mol. The van der Waals surface area contributed by atoms with Crippen LogP contribution in [0, 0.1) is 0 Å². The van der Waals surface area contributed by atoms with Crippen molar-refractivity contribution in [1.29, 1.82) is 0 Å². The molecule has 0 aliphatic rings. The van der Waals surface area contributed by atoms with Crippen molar-refractivity contribution in [2.75, 3.05) is 0 Å². The van der Waals surface area contributed by atoms with Gasteiger partial charge in [0.15, 0.2) is 5.01 Å². The minimum Gasteiger partial charge on any atom is -0.469 e. The van der Waals surface area contributed by atoms with Gasteiger partial charge in [0, 0.05) is 12.6 Å². The van der Waals surface area contributed by atoms with E-state index < -0.39 is 17.0 Å². The van der Waals surface area contributed by atoms with Gasteiger partial charge in [-0.25, -0.2) is 4.98 Å². The number of halogens is 3. The van der Waals surface area contributed by atoms with Crippen molar-refractivity contribution in [3.8, 4) is 0 Å². The van der Waals surface area contributed by atoms with Crippen LogP contribution in [0.2, 0.25) is 0 Å². The maximum Gasteiger partial charge on any atom is 0.443 e. The first-order valence-electron chi connectivity index (χ1n) is 5.07. The number of hydrogen-bond acceptors (Lipinski definition) is 4. The molecule has 3 nitrogen and oxygen atoms in total. The molecular formula is C11H8F3NO2S. The summed E-state index contributed by atoms with van der Waals surface area (Å²) < 4.78 is 42.2. The number of aryl methyl sites for hydroxylation is 1. The maximum absolute atomic E-state index is 12.4. The lowest BCUT2D eigenvalue weighted by atomic mass is 10.1. The molecule has 0 amide bonds. The molecule has 0 spiro atoms. The second kappa shape index (κ2) is 4.56. The van der Waals surface area contributed by atoms with Gasteiger partial charge in [-0.3, -0.25) is 4.79 Å². The van der Waals surface area contributed by atoms with Crippen LogP contribution in [0.25, 0.3) is 0 Å². The Morgan fingerprint density at radius 3 is 2.78 bits per heavy atom. The van der Waals surface area contributed by atoms with E-state index in [0.717, 1.165) is 6.20 Å². The minimum absolute atomic E-state index is 0.0431. The summed E-state index contributed by atoms with van der Waals surface area (Å²) in [7, 11) is 0. The lowest BCUT2D eigenvalue weighted by Gasteiger charge is -1.99. The molecule has 96 valence electrons. The zero-order valence-corrected chi connectivity index (χ0v) is 10.1. The van der Waals surface area contributed by atoms with Crippen LogP contribution in [0.4, 0.5) is 13.2 Å². The van der Waals surface area contributed by atoms with Gasteiger partial charge in [-0.1, -0.05) is 6.92 Å². The number of furan rings is 1. The third-order valence-corrected chi connectivity index (χ3v) is 3.32. The molecule has 0 aliphatic heterocycles. The Balaban J connectivity index is 2.33. The van der Waals surface area contributed by atoms with Crippen LogP contribution in [0.5, 0.6) is 0 Å². The number of hydrogen-bond donors (Lipinski definition) is 0. The van der Waals surface area contributed by atoms with Crippen molar-refractivity contribution in [3.05, 3.63) is 39.7 Å². The molecule has 0 aromatic carbocycles. The molecule has 0 atom stereocenters. The zero-order chi connectivity index (χ0) is 13.3. The van der Waals surface area contributed by atoms with Gasteiger partial charge in [0.1, 0.15) is 5.76 Å².